The Hall–Kier alpha value is -3.33. The molecule has 0 amide bonds. The maximum Gasteiger partial charge on any atom is 0.269 e. The fourth-order valence-electron chi connectivity index (χ4n) is 3.17. The molecule has 0 N–H and O–H groups in total. The molecule has 0 bridgehead atoms. The standard InChI is InChI=1S/C21H20N2O4/c1-26-20-11-6-15(13-21(20)27-19-4-2-3-5-19)12-17(14-22)16-7-9-18(10-8-16)23(24)25/h6-13,19H,2-5H2,1H3. The van der Waals surface area contributed by atoms with Gasteiger partial charge in [0.25, 0.3) is 5.69 Å². The molecule has 0 spiro atoms. The summed E-state index contributed by atoms with van der Waals surface area (Å²) in [6.45, 7) is 0. The lowest BCUT2D eigenvalue weighted by Gasteiger charge is -2.16. The van der Waals surface area contributed by atoms with Gasteiger partial charge in [0.1, 0.15) is 0 Å². The van der Waals surface area contributed by atoms with Gasteiger partial charge in [0.05, 0.1) is 29.8 Å². The van der Waals surface area contributed by atoms with Crippen LogP contribution in [-0.2, 0) is 0 Å². The van der Waals surface area contributed by atoms with Gasteiger partial charge >= 0.3 is 0 Å². The summed E-state index contributed by atoms with van der Waals surface area (Å²) in [5.74, 6) is 1.33. The normalized spacial score (nSPS) is 14.6. The van der Waals surface area contributed by atoms with E-state index in [4.69, 9.17) is 9.47 Å². The lowest BCUT2D eigenvalue weighted by atomic mass is 10.0. The molecule has 3 rings (SSSR count). The summed E-state index contributed by atoms with van der Waals surface area (Å²) in [6, 6.07) is 13.6. The second kappa shape index (κ2) is 8.37. The third-order valence-electron chi connectivity index (χ3n) is 4.60. The number of ether oxygens (including phenoxy) is 2. The zero-order valence-electron chi connectivity index (χ0n) is 15.1. The third-order valence-corrected chi connectivity index (χ3v) is 4.60. The van der Waals surface area contributed by atoms with Gasteiger partial charge < -0.3 is 9.47 Å². The molecule has 1 fully saturated rings. The van der Waals surface area contributed by atoms with Gasteiger partial charge in [0.2, 0.25) is 0 Å². The summed E-state index contributed by atoms with van der Waals surface area (Å²) in [6.07, 6.45) is 6.35. The Bertz CT molecular complexity index is 891. The Labute approximate surface area is 157 Å². The maximum atomic E-state index is 10.8. The highest BCUT2D eigenvalue weighted by atomic mass is 16.6. The third kappa shape index (κ3) is 4.45. The highest BCUT2D eigenvalue weighted by Gasteiger charge is 2.18. The molecule has 138 valence electrons. The second-order valence-corrected chi connectivity index (χ2v) is 6.41. The van der Waals surface area contributed by atoms with Crippen molar-refractivity contribution >= 4 is 17.3 Å². The summed E-state index contributed by atoms with van der Waals surface area (Å²) in [5.41, 5.74) is 1.84. The van der Waals surface area contributed by atoms with Crippen LogP contribution in [0.4, 0.5) is 5.69 Å². The van der Waals surface area contributed by atoms with Gasteiger partial charge in [0.15, 0.2) is 11.5 Å². The Morgan fingerprint density at radius 1 is 1.19 bits per heavy atom. The van der Waals surface area contributed by atoms with E-state index in [-0.39, 0.29) is 11.8 Å². The number of nitrogens with zero attached hydrogens (tertiary/aromatic N) is 2. The van der Waals surface area contributed by atoms with Crippen molar-refractivity contribution in [3.05, 3.63) is 63.7 Å². The minimum atomic E-state index is -0.463. The molecule has 1 aliphatic carbocycles. The van der Waals surface area contributed by atoms with Gasteiger partial charge in [-0.15, -0.1) is 0 Å². The van der Waals surface area contributed by atoms with Gasteiger partial charge in [-0.1, -0.05) is 6.07 Å². The first-order valence-electron chi connectivity index (χ1n) is 8.82. The van der Waals surface area contributed by atoms with Crippen molar-refractivity contribution in [1.82, 2.24) is 0 Å². The predicted octanol–water partition coefficient (Wildman–Crippen LogP) is 4.99. The number of nitro benzene ring substituents is 1. The Morgan fingerprint density at radius 3 is 2.48 bits per heavy atom. The molecule has 0 unspecified atom stereocenters. The van der Waals surface area contributed by atoms with Crippen LogP contribution in [0.15, 0.2) is 42.5 Å². The average molecular weight is 364 g/mol. The molecule has 2 aromatic carbocycles. The molecule has 0 atom stereocenters. The summed E-state index contributed by atoms with van der Waals surface area (Å²) in [4.78, 5) is 10.3. The van der Waals surface area contributed by atoms with E-state index < -0.39 is 4.92 Å². The highest BCUT2D eigenvalue weighted by molar-refractivity contribution is 5.90. The number of rotatable bonds is 6. The van der Waals surface area contributed by atoms with Gasteiger partial charge in [-0.25, -0.2) is 0 Å². The SMILES string of the molecule is COc1ccc(C=C(C#N)c2ccc([N+](=O)[O-])cc2)cc1OC1CCCC1. The van der Waals surface area contributed by atoms with E-state index in [1.807, 2.05) is 18.2 Å². The van der Waals surface area contributed by atoms with E-state index in [0.717, 1.165) is 18.4 Å². The van der Waals surface area contributed by atoms with E-state index in [1.165, 1.54) is 25.0 Å². The molecule has 6 nitrogen and oxygen atoms in total. The van der Waals surface area contributed by atoms with Crippen LogP contribution in [0.1, 0.15) is 36.8 Å². The first-order chi connectivity index (χ1) is 13.1. The number of allylic oxidation sites excluding steroid dienone is 1. The molecule has 0 aliphatic heterocycles. The Balaban J connectivity index is 1.89. The first kappa shape index (κ1) is 18.5. The number of nitriles is 1. The van der Waals surface area contributed by atoms with E-state index in [9.17, 15) is 15.4 Å². The molecule has 27 heavy (non-hydrogen) atoms. The van der Waals surface area contributed by atoms with E-state index in [0.29, 0.717) is 22.6 Å². The quantitative estimate of drug-likeness (QED) is 0.312. The van der Waals surface area contributed by atoms with Crippen LogP contribution in [0.25, 0.3) is 11.6 Å². The van der Waals surface area contributed by atoms with Gasteiger partial charge in [0, 0.05) is 12.1 Å². The average Bonchev–Trinajstić information content (AvgIpc) is 3.19. The summed E-state index contributed by atoms with van der Waals surface area (Å²) < 4.78 is 11.5. The van der Waals surface area contributed by atoms with Gasteiger partial charge in [-0.05, 0) is 67.2 Å². The number of non-ortho nitro benzene ring substituents is 1. The fourth-order valence-corrected chi connectivity index (χ4v) is 3.17. The van der Waals surface area contributed by atoms with Crippen LogP contribution in [-0.4, -0.2) is 18.1 Å². The van der Waals surface area contributed by atoms with Crippen molar-refractivity contribution in [2.24, 2.45) is 0 Å². The van der Waals surface area contributed by atoms with Crippen LogP contribution in [0.2, 0.25) is 0 Å². The summed E-state index contributed by atoms with van der Waals surface area (Å²) >= 11 is 0. The largest absolute Gasteiger partial charge is 0.493 e. The summed E-state index contributed by atoms with van der Waals surface area (Å²) in [5, 5.41) is 20.3. The number of methoxy groups -OCH3 is 1. The Kier molecular flexibility index (Phi) is 5.72. The molecule has 6 heteroatoms. The molecule has 0 heterocycles. The first-order valence-corrected chi connectivity index (χ1v) is 8.82. The molecule has 0 saturated heterocycles. The Morgan fingerprint density at radius 2 is 1.89 bits per heavy atom. The summed E-state index contributed by atoms with van der Waals surface area (Å²) in [7, 11) is 1.60. The molecular formula is C21H20N2O4. The molecule has 2 aromatic rings. The maximum absolute atomic E-state index is 10.8. The van der Waals surface area contributed by atoms with Gasteiger partial charge in [-0.3, -0.25) is 10.1 Å². The lowest BCUT2D eigenvalue weighted by molar-refractivity contribution is -0.384. The monoisotopic (exact) mass is 364 g/mol. The van der Waals surface area contributed by atoms with Crippen molar-refractivity contribution in [1.29, 1.82) is 5.26 Å². The van der Waals surface area contributed by atoms with Gasteiger partial charge in [-0.2, -0.15) is 5.26 Å². The smallest absolute Gasteiger partial charge is 0.269 e. The number of nitro groups is 1. The molecule has 0 radical (unpaired) electrons. The topological polar surface area (TPSA) is 85.4 Å². The zero-order valence-corrected chi connectivity index (χ0v) is 15.1. The molecule has 1 saturated carbocycles. The second-order valence-electron chi connectivity index (χ2n) is 6.41. The van der Waals surface area contributed by atoms with E-state index in [2.05, 4.69) is 6.07 Å². The number of benzene rings is 2. The van der Waals surface area contributed by atoms with Crippen LogP contribution in [0.5, 0.6) is 11.5 Å². The van der Waals surface area contributed by atoms with Crippen molar-refractivity contribution in [3.63, 3.8) is 0 Å². The van der Waals surface area contributed by atoms with E-state index in [1.54, 1.807) is 25.3 Å². The number of hydrogen-bond acceptors (Lipinski definition) is 5. The number of hydrogen-bond donors (Lipinski definition) is 0. The van der Waals surface area contributed by atoms with E-state index >= 15 is 0 Å². The van der Waals surface area contributed by atoms with Crippen LogP contribution in [0.3, 0.4) is 0 Å². The van der Waals surface area contributed by atoms with Crippen molar-refractivity contribution in [2.45, 2.75) is 31.8 Å². The lowest BCUT2D eigenvalue weighted by Crippen LogP contribution is -2.11. The minimum absolute atomic E-state index is 0.00672. The highest BCUT2D eigenvalue weighted by Crippen LogP contribution is 2.33. The van der Waals surface area contributed by atoms with Crippen molar-refractivity contribution in [3.8, 4) is 17.6 Å². The molecule has 1 aliphatic rings. The van der Waals surface area contributed by atoms with Crippen molar-refractivity contribution < 1.29 is 14.4 Å². The van der Waals surface area contributed by atoms with Crippen molar-refractivity contribution in [2.75, 3.05) is 7.11 Å². The predicted molar refractivity (Wildman–Crippen MR) is 102 cm³/mol. The molecular weight excluding hydrogens is 344 g/mol. The minimum Gasteiger partial charge on any atom is -0.493 e. The van der Waals surface area contributed by atoms with Crippen LogP contribution < -0.4 is 9.47 Å². The zero-order chi connectivity index (χ0) is 19.2. The van der Waals surface area contributed by atoms with Crippen LogP contribution >= 0.6 is 0 Å². The fraction of sp³-hybridized carbons (Fsp3) is 0.286. The molecule has 0 aromatic heterocycles. The van der Waals surface area contributed by atoms with Crippen LogP contribution in [0, 0.1) is 21.4 Å².